The zero-order valence-corrected chi connectivity index (χ0v) is 21.6. The third-order valence-corrected chi connectivity index (χ3v) is 8.49. The van der Waals surface area contributed by atoms with Gasteiger partial charge in [-0.2, -0.15) is 5.10 Å². The zero-order chi connectivity index (χ0) is 23.8. The van der Waals surface area contributed by atoms with Crippen LogP contribution in [0, 0.1) is 23.2 Å². The van der Waals surface area contributed by atoms with Gasteiger partial charge in [-0.15, -0.1) is 11.6 Å². The molecule has 3 aromatic rings. The first-order chi connectivity index (χ1) is 15.8. The maximum atomic E-state index is 13.3. The van der Waals surface area contributed by atoms with E-state index < -0.39 is 0 Å². The van der Waals surface area contributed by atoms with Gasteiger partial charge in [0.1, 0.15) is 11.1 Å². The standard InChI is InChI=1S/C26H35Cl2N3O2/c1-5-17(20-13-16(2)26(20,3)4)15-29-25(32)22-24-23(31(30-22)12-8-6-7-11-27)19-10-9-18(28)14-21(19)33-24/h9-10,14,16-17,20H,5-8,11-13,15H2,1-4H3,(H,29,32). The van der Waals surface area contributed by atoms with Crippen LogP contribution in [0.4, 0.5) is 0 Å². The van der Waals surface area contributed by atoms with Gasteiger partial charge in [-0.05, 0) is 54.6 Å². The Morgan fingerprint density at radius 3 is 2.79 bits per heavy atom. The summed E-state index contributed by atoms with van der Waals surface area (Å²) in [6.45, 7) is 10.6. The van der Waals surface area contributed by atoms with Gasteiger partial charge in [-0.1, -0.05) is 52.1 Å². The molecular weight excluding hydrogens is 457 g/mol. The van der Waals surface area contributed by atoms with Gasteiger partial charge in [0.25, 0.3) is 5.91 Å². The quantitative estimate of drug-likeness (QED) is 0.239. The molecule has 1 amide bonds. The van der Waals surface area contributed by atoms with Crippen LogP contribution in [0.5, 0.6) is 0 Å². The van der Waals surface area contributed by atoms with E-state index in [1.165, 1.54) is 6.42 Å². The van der Waals surface area contributed by atoms with Crippen molar-refractivity contribution in [3.63, 3.8) is 0 Å². The third kappa shape index (κ3) is 4.64. The van der Waals surface area contributed by atoms with Crippen molar-refractivity contribution in [2.24, 2.45) is 23.2 Å². The second kappa shape index (κ2) is 9.87. The van der Waals surface area contributed by atoms with Crippen LogP contribution in [-0.4, -0.2) is 28.1 Å². The van der Waals surface area contributed by atoms with Crippen LogP contribution in [0.2, 0.25) is 5.02 Å². The van der Waals surface area contributed by atoms with E-state index in [-0.39, 0.29) is 5.91 Å². The van der Waals surface area contributed by atoms with Crippen molar-refractivity contribution in [1.82, 2.24) is 15.1 Å². The van der Waals surface area contributed by atoms with Crippen LogP contribution < -0.4 is 5.32 Å². The minimum absolute atomic E-state index is 0.173. The number of amides is 1. The van der Waals surface area contributed by atoms with Gasteiger partial charge in [0.15, 0.2) is 11.3 Å². The molecule has 1 saturated carbocycles. The van der Waals surface area contributed by atoms with Crippen LogP contribution in [-0.2, 0) is 6.54 Å². The molecule has 1 fully saturated rings. The van der Waals surface area contributed by atoms with Crippen LogP contribution in [0.25, 0.3) is 22.1 Å². The van der Waals surface area contributed by atoms with E-state index in [4.69, 9.17) is 27.6 Å². The van der Waals surface area contributed by atoms with E-state index in [0.29, 0.717) is 58.1 Å². The Morgan fingerprint density at radius 1 is 1.33 bits per heavy atom. The number of unbranched alkanes of at least 4 members (excludes halogenated alkanes) is 2. The number of hydrogen-bond donors (Lipinski definition) is 1. The van der Waals surface area contributed by atoms with Gasteiger partial charge in [0.2, 0.25) is 0 Å². The number of carbonyl (C=O) groups is 1. The van der Waals surface area contributed by atoms with E-state index in [0.717, 1.165) is 42.5 Å². The Balaban J connectivity index is 1.58. The summed E-state index contributed by atoms with van der Waals surface area (Å²) >= 11 is 12.0. The highest BCUT2D eigenvalue weighted by Gasteiger charge is 2.48. The second-order valence-electron chi connectivity index (χ2n) is 10.2. The van der Waals surface area contributed by atoms with Crippen LogP contribution in [0.15, 0.2) is 22.6 Å². The second-order valence-corrected chi connectivity index (χ2v) is 11.0. The van der Waals surface area contributed by atoms with Gasteiger partial charge in [-0.25, -0.2) is 0 Å². The van der Waals surface area contributed by atoms with Crippen molar-refractivity contribution >= 4 is 51.2 Å². The van der Waals surface area contributed by atoms with Gasteiger partial charge in [-0.3, -0.25) is 9.48 Å². The largest absolute Gasteiger partial charge is 0.452 e. The lowest BCUT2D eigenvalue weighted by Crippen LogP contribution is -2.49. The molecule has 1 aromatic carbocycles. The summed E-state index contributed by atoms with van der Waals surface area (Å²) in [7, 11) is 0. The number of aryl methyl sites for hydroxylation is 1. The van der Waals surface area contributed by atoms with Gasteiger partial charge in [0.05, 0.1) is 0 Å². The minimum atomic E-state index is -0.173. The first kappa shape index (κ1) is 24.4. The molecule has 2 aromatic heterocycles. The maximum absolute atomic E-state index is 13.3. The molecule has 0 saturated heterocycles. The number of rotatable bonds is 10. The molecule has 180 valence electrons. The first-order valence-corrected chi connectivity index (χ1v) is 13.1. The fraction of sp³-hybridized carbons (Fsp3) is 0.615. The Bertz CT molecular complexity index is 1130. The van der Waals surface area contributed by atoms with Gasteiger partial charge >= 0.3 is 0 Å². The van der Waals surface area contributed by atoms with Crippen molar-refractivity contribution < 1.29 is 9.21 Å². The molecule has 1 aliphatic rings. The fourth-order valence-electron chi connectivity index (χ4n) is 5.40. The number of nitrogens with one attached hydrogen (secondary N) is 1. The number of benzene rings is 1. The number of aromatic nitrogens is 2. The monoisotopic (exact) mass is 491 g/mol. The smallest absolute Gasteiger partial charge is 0.275 e. The van der Waals surface area contributed by atoms with Crippen LogP contribution in [0.3, 0.4) is 0 Å². The van der Waals surface area contributed by atoms with Crippen LogP contribution >= 0.6 is 23.2 Å². The highest BCUT2D eigenvalue weighted by Crippen LogP contribution is 2.54. The van der Waals surface area contributed by atoms with Crippen molar-refractivity contribution in [3.8, 4) is 0 Å². The van der Waals surface area contributed by atoms with E-state index in [9.17, 15) is 4.79 Å². The highest BCUT2D eigenvalue weighted by atomic mass is 35.5. The summed E-state index contributed by atoms with van der Waals surface area (Å²) < 4.78 is 8.01. The van der Waals surface area contributed by atoms with Gasteiger partial charge < -0.3 is 9.73 Å². The summed E-state index contributed by atoms with van der Waals surface area (Å²) in [6, 6.07) is 5.58. The summed E-state index contributed by atoms with van der Waals surface area (Å²) in [5.41, 5.74) is 2.74. The number of hydrogen-bond acceptors (Lipinski definition) is 3. The Morgan fingerprint density at radius 2 is 2.12 bits per heavy atom. The molecule has 0 radical (unpaired) electrons. The SMILES string of the molecule is CCC(CNC(=O)c1nn(CCCCCCl)c2c1oc1cc(Cl)ccc12)C1CC(C)C1(C)C. The molecular formula is C26H35Cl2N3O2. The van der Waals surface area contributed by atoms with Crippen molar-refractivity contribution in [2.75, 3.05) is 12.4 Å². The maximum Gasteiger partial charge on any atom is 0.275 e. The summed E-state index contributed by atoms with van der Waals surface area (Å²) in [5.74, 6) is 2.30. The molecule has 4 rings (SSSR count). The van der Waals surface area contributed by atoms with Crippen LogP contribution in [0.1, 0.15) is 70.3 Å². The van der Waals surface area contributed by atoms with Crippen molar-refractivity contribution in [3.05, 3.63) is 28.9 Å². The van der Waals surface area contributed by atoms with E-state index in [2.05, 4.69) is 38.1 Å². The van der Waals surface area contributed by atoms with E-state index in [1.807, 2.05) is 16.8 Å². The summed E-state index contributed by atoms with van der Waals surface area (Å²) in [6.07, 6.45) is 5.20. The fourth-order valence-corrected chi connectivity index (χ4v) is 5.76. The Hall–Kier alpha value is -1.72. The zero-order valence-electron chi connectivity index (χ0n) is 20.1. The number of carbonyl (C=O) groups excluding carboxylic acids is 1. The lowest BCUT2D eigenvalue weighted by molar-refractivity contribution is -0.0473. The van der Waals surface area contributed by atoms with Gasteiger partial charge in [0, 0.05) is 35.4 Å². The first-order valence-electron chi connectivity index (χ1n) is 12.2. The normalized spacial score (nSPS) is 20.8. The predicted octanol–water partition coefficient (Wildman–Crippen LogP) is 7.28. The Labute approximate surface area is 206 Å². The number of fused-ring (bicyclic) bond motifs is 3. The molecule has 7 heteroatoms. The average molecular weight is 492 g/mol. The van der Waals surface area contributed by atoms with Crippen molar-refractivity contribution in [2.45, 2.75) is 66.3 Å². The molecule has 0 bridgehead atoms. The molecule has 33 heavy (non-hydrogen) atoms. The molecule has 3 atom stereocenters. The highest BCUT2D eigenvalue weighted by molar-refractivity contribution is 6.31. The molecule has 1 aliphatic carbocycles. The lowest BCUT2D eigenvalue weighted by Gasteiger charge is -2.54. The average Bonchev–Trinajstić information content (AvgIpc) is 3.33. The molecule has 1 N–H and O–H groups in total. The summed E-state index contributed by atoms with van der Waals surface area (Å²) in [4.78, 5) is 13.3. The molecule has 0 aliphatic heterocycles. The molecule has 2 heterocycles. The number of furan rings is 1. The van der Waals surface area contributed by atoms with E-state index in [1.54, 1.807) is 6.07 Å². The summed E-state index contributed by atoms with van der Waals surface area (Å²) in [5, 5.41) is 9.39. The third-order valence-electron chi connectivity index (χ3n) is 7.99. The minimum Gasteiger partial charge on any atom is -0.452 e. The van der Waals surface area contributed by atoms with E-state index >= 15 is 0 Å². The number of halogens is 2. The Kier molecular flexibility index (Phi) is 7.30. The van der Waals surface area contributed by atoms with Crippen molar-refractivity contribution in [1.29, 1.82) is 0 Å². The predicted molar refractivity (Wildman–Crippen MR) is 136 cm³/mol. The number of alkyl halides is 1. The molecule has 5 nitrogen and oxygen atoms in total. The lowest BCUT2D eigenvalue weighted by atomic mass is 9.51. The number of nitrogens with zero attached hydrogens (tertiary/aromatic N) is 2. The molecule has 0 spiro atoms. The molecule has 3 unspecified atom stereocenters. The topological polar surface area (TPSA) is 60.1 Å².